The average molecular weight is 155 g/mol. The van der Waals surface area contributed by atoms with Gasteiger partial charge in [-0.05, 0) is 17.7 Å². The van der Waals surface area contributed by atoms with Crippen molar-refractivity contribution in [2.24, 2.45) is 0 Å². The molecule has 1 aromatic carbocycles. The van der Waals surface area contributed by atoms with Crippen molar-refractivity contribution in [3.8, 4) is 0 Å². The van der Waals surface area contributed by atoms with E-state index in [1.165, 1.54) is 5.56 Å². The van der Waals surface area contributed by atoms with Gasteiger partial charge in [-0.1, -0.05) is 23.7 Å². The number of hydrogen-bond donors (Lipinski definition) is 0. The summed E-state index contributed by atoms with van der Waals surface area (Å²) in [6.07, 6.45) is 0.318. The van der Waals surface area contributed by atoms with Gasteiger partial charge >= 0.3 is 0 Å². The van der Waals surface area contributed by atoms with Gasteiger partial charge in [0.05, 0.1) is 6.61 Å². The Kier molecular flexibility index (Phi) is 1.40. The molecule has 1 aliphatic rings. The topological polar surface area (TPSA) is 12.5 Å². The smallest absolute Gasteiger partial charge is 0.106 e. The molecule has 1 fully saturated rings. The maximum Gasteiger partial charge on any atom is 0.106 e. The van der Waals surface area contributed by atoms with Crippen molar-refractivity contribution in [1.29, 1.82) is 0 Å². The zero-order valence-corrected chi connectivity index (χ0v) is 6.14. The Balaban J connectivity index is 2.32. The predicted octanol–water partition coefficient (Wildman–Crippen LogP) is 2.41. The minimum Gasteiger partial charge on any atom is -0.368 e. The molecule has 0 saturated carbocycles. The van der Waals surface area contributed by atoms with E-state index in [1.807, 2.05) is 24.3 Å². The molecular formula is C8H7ClO. The van der Waals surface area contributed by atoms with Crippen molar-refractivity contribution >= 4 is 11.6 Å². The molecule has 0 aromatic heterocycles. The van der Waals surface area contributed by atoms with Crippen molar-refractivity contribution < 1.29 is 4.74 Å². The molecular weight excluding hydrogens is 148 g/mol. The minimum atomic E-state index is 0.318. The molecule has 0 amide bonds. The van der Waals surface area contributed by atoms with Crippen molar-refractivity contribution in [3.05, 3.63) is 34.9 Å². The fraction of sp³-hybridized carbons (Fsp3) is 0.250. The highest BCUT2D eigenvalue weighted by molar-refractivity contribution is 6.30. The van der Waals surface area contributed by atoms with Gasteiger partial charge in [0.2, 0.25) is 0 Å². The summed E-state index contributed by atoms with van der Waals surface area (Å²) in [5.41, 5.74) is 1.19. The SMILES string of the molecule is Clc1cccc([C@H]2CO2)c1. The third-order valence-electron chi connectivity index (χ3n) is 1.55. The highest BCUT2D eigenvalue weighted by Gasteiger charge is 2.24. The van der Waals surface area contributed by atoms with Crippen LogP contribution in [0.25, 0.3) is 0 Å². The van der Waals surface area contributed by atoms with Gasteiger partial charge in [0, 0.05) is 5.02 Å². The van der Waals surface area contributed by atoms with Gasteiger partial charge in [-0.3, -0.25) is 0 Å². The van der Waals surface area contributed by atoms with Crippen molar-refractivity contribution in [2.75, 3.05) is 6.61 Å². The Morgan fingerprint density at radius 2 is 2.30 bits per heavy atom. The number of halogens is 1. The van der Waals surface area contributed by atoms with Crippen LogP contribution in [0.1, 0.15) is 11.7 Å². The molecule has 2 rings (SSSR count). The van der Waals surface area contributed by atoms with Crippen LogP contribution in [-0.2, 0) is 4.74 Å². The van der Waals surface area contributed by atoms with E-state index in [-0.39, 0.29) is 0 Å². The number of benzene rings is 1. The Bertz CT molecular complexity index is 243. The predicted molar refractivity (Wildman–Crippen MR) is 40.1 cm³/mol. The molecule has 0 radical (unpaired) electrons. The van der Waals surface area contributed by atoms with E-state index in [2.05, 4.69) is 0 Å². The van der Waals surface area contributed by atoms with Gasteiger partial charge in [0.25, 0.3) is 0 Å². The molecule has 1 nitrogen and oxygen atoms in total. The quantitative estimate of drug-likeness (QED) is 0.566. The van der Waals surface area contributed by atoms with E-state index >= 15 is 0 Å². The van der Waals surface area contributed by atoms with Gasteiger partial charge in [-0.15, -0.1) is 0 Å². The summed E-state index contributed by atoms with van der Waals surface area (Å²) in [5, 5.41) is 0.785. The molecule has 1 aliphatic heterocycles. The lowest BCUT2D eigenvalue weighted by Crippen LogP contribution is -1.77. The highest BCUT2D eigenvalue weighted by atomic mass is 35.5. The van der Waals surface area contributed by atoms with Crippen LogP contribution in [-0.4, -0.2) is 6.61 Å². The third kappa shape index (κ3) is 1.15. The molecule has 0 N–H and O–H groups in total. The molecule has 2 heteroatoms. The molecule has 1 atom stereocenters. The van der Waals surface area contributed by atoms with E-state index < -0.39 is 0 Å². The minimum absolute atomic E-state index is 0.318. The van der Waals surface area contributed by atoms with Crippen LogP contribution in [0.15, 0.2) is 24.3 Å². The van der Waals surface area contributed by atoms with E-state index in [4.69, 9.17) is 16.3 Å². The summed E-state index contributed by atoms with van der Waals surface area (Å²) in [5.74, 6) is 0. The van der Waals surface area contributed by atoms with Gasteiger partial charge < -0.3 is 4.74 Å². The summed E-state index contributed by atoms with van der Waals surface area (Å²) >= 11 is 5.76. The lowest BCUT2D eigenvalue weighted by Gasteiger charge is -1.93. The van der Waals surface area contributed by atoms with E-state index in [9.17, 15) is 0 Å². The Hall–Kier alpha value is -0.530. The van der Waals surface area contributed by atoms with Crippen LogP contribution in [0, 0.1) is 0 Å². The summed E-state index contributed by atoms with van der Waals surface area (Å²) in [4.78, 5) is 0. The first-order chi connectivity index (χ1) is 4.86. The zero-order chi connectivity index (χ0) is 6.97. The average Bonchev–Trinajstić information content (AvgIpc) is 2.68. The second-order valence-electron chi connectivity index (χ2n) is 2.38. The third-order valence-corrected chi connectivity index (χ3v) is 1.79. The fourth-order valence-electron chi connectivity index (χ4n) is 0.947. The maximum absolute atomic E-state index is 5.76. The largest absolute Gasteiger partial charge is 0.368 e. The normalized spacial score (nSPS) is 22.7. The first-order valence-corrected chi connectivity index (χ1v) is 3.61. The molecule has 1 heterocycles. The Morgan fingerprint density at radius 3 is 2.90 bits per heavy atom. The lowest BCUT2D eigenvalue weighted by molar-refractivity contribution is 0.415. The first-order valence-electron chi connectivity index (χ1n) is 3.23. The molecule has 52 valence electrons. The van der Waals surface area contributed by atoms with Crippen molar-refractivity contribution in [1.82, 2.24) is 0 Å². The number of hydrogen-bond acceptors (Lipinski definition) is 1. The standard InChI is InChI=1S/C8H7ClO/c9-7-3-1-2-6(4-7)8-5-10-8/h1-4,8H,5H2/t8-/m1/s1. The van der Waals surface area contributed by atoms with Gasteiger partial charge in [0.1, 0.15) is 6.10 Å². The van der Waals surface area contributed by atoms with Crippen LogP contribution in [0.2, 0.25) is 5.02 Å². The summed E-state index contributed by atoms with van der Waals surface area (Å²) in [6.45, 7) is 0.848. The van der Waals surface area contributed by atoms with E-state index in [1.54, 1.807) is 0 Å². The molecule has 0 bridgehead atoms. The van der Waals surface area contributed by atoms with E-state index in [0.29, 0.717) is 6.10 Å². The monoisotopic (exact) mass is 154 g/mol. The summed E-state index contributed by atoms with van der Waals surface area (Å²) in [7, 11) is 0. The van der Waals surface area contributed by atoms with Crippen LogP contribution >= 0.6 is 11.6 Å². The lowest BCUT2D eigenvalue weighted by atomic mass is 10.2. The molecule has 0 spiro atoms. The summed E-state index contributed by atoms with van der Waals surface area (Å²) in [6, 6.07) is 7.79. The van der Waals surface area contributed by atoms with E-state index in [0.717, 1.165) is 11.6 Å². The molecule has 1 saturated heterocycles. The Labute approximate surface area is 64.6 Å². The van der Waals surface area contributed by atoms with Gasteiger partial charge in [0.15, 0.2) is 0 Å². The fourth-order valence-corrected chi connectivity index (χ4v) is 1.15. The Morgan fingerprint density at radius 1 is 1.50 bits per heavy atom. The van der Waals surface area contributed by atoms with Crippen LogP contribution in [0.4, 0.5) is 0 Å². The van der Waals surface area contributed by atoms with Crippen molar-refractivity contribution in [3.63, 3.8) is 0 Å². The number of ether oxygens (including phenoxy) is 1. The van der Waals surface area contributed by atoms with Crippen molar-refractivity contribution in [2.45, 2.75) is 6.10 Å². The second-order valence-corrected chi connectivity index (χ2v) is 2.81. The first kappa shape index (κ1) is 6.20. The highest BCUT2D eigenvalue weighted by Crippen LogP contribution is 2.30. The molecule has 0 unspecified atom stereocenters. The molecule has 10 heavy (non-hydrogen) atoms. The number of rotatable bonds is 1. The second kappa shape index (κ2) is 2.26. The van der Waals surface area contributed by atoms with Crippen LogP contribution in [0.5, 0.6) is 0 Å². The molecule has 1 aromatic rings. The maximum atomic E-state index is 5.76. The van der Waals surface area contributed by atoms with Crippen LogP contribution < -0.4 is 0 Å². The van der Waals surface area contributed by atoms with Gasteiger partial charge in [-0.25, -0.2) is 0 Å². The number of epoxide rings is 1. The molecule has 0 aliphatic carbocycles. The van der Waals surface area contributed by atoms with Gasteiger partial charge in [-0.2, -0.15) is 0 Å². The van der Waals surface area contributed by atoms with Crippen LogP contribution in [0.3, 0.4) is 0 Å². The zero-order valence-electron chi connectivity index (χ0n) is 5.38. The summed E-state index contributed by atoms with van der Waals surface area (Å²) < 4.78 is 5.09.